The maximum absolute atomic E-state index is 13.1. The maximum Gasteiger partial charge on any atom is 0.252 e. The van der Waals surface area contributed by atoms with Gasteiger partial charge in [-0.15, -0.1) is 0 Å². The molecule has 0 N–H and O–H groups in total. The average Bonchev–Trinajstić information content (AvgIpc) is 3.39. The molecule has 0 aliphatic carbocycles. The van der Waals surface area contributed by atoms with Crippen molar-refractivity contribution in [1.29, 1.82) is 0 Å². The Hall–Kier alpha value is -2.92. The number of fused-ring (bicyclic) bond motifs is 3. The van der Waals surface area contributed by atoms with Gasteiger partial charge >= 0.3 is 0 Å². The Morgan fingerprint density at radius 2 is 1.79 bits per heavy atom. The van der Waals surface area contributed by atoms with Crippen molar-refractivity contribution in [3.05, 3.63) is 60.3 Å². The Balaban J connectivity index is 1.16. The largest absolute Gasteiger partial charge is 0.490 e. The Bertz CT molecular complexity index is 1170. The van der Waals surface area contributed by atoms with Crippen LogP contribution in [0.25, 0.3) is 22.0 Å². The van der Waals surface area contributed by atoms with E-state index in [0.29, 0.717) is 0 Å². The molecule has 4 atom stereocenters. The van der Waals surface area contributed by atoms with Crippen molar-refractivity contribution >= 4 is 16.8 Å². The Morgan fingerprint density at radius 1 is 1.00 bits per heavy atom. The van der Waals surface area contributed by atoms with Crippen LogP contribution in [0.3, 0.4) is 0 Å². The molecule has 2 aromatic carbocycles. The highest BCUT2D eigenvalue weighted by atomic mass is 16.5. The number of pyridine rings is 1. The third-order valence-corrected chi connectivity index (χ3v) is 7.89. The van der Waals surface area contributed by atoms with Crippen LogP contribution in [0.2, 0.25) is 0 Å². The Morgan fingerprint density at radius 3 is 2.53 bits per heavy atom. The minimum absolute atomic E-state index is 0.154. The van der Waals surface area contributed by atoms with Crippen LogP contribution in [0.15, 0.2) is 54.7 Å². The van der Waals surface area contributed by atoms with Gasteiger partial charge in [0.1, 0.15) is 18.0 Å². The van der Waals surface area contributed by atoms with Gasteiger partial charge < -0.3 is 14.4 Å². The van der Waals surface area contributed by atoms with Gasteiger partial charge in [-0.1, -0.05) is 30.3 Å². The summed E-state index contributed by atoms with van der Waals surface area (Å²) >= 11 is 0. The number of carbonyl (C=O) groups excluding carboxylic acids is 1. The van der Waals surface area contributed by atoms with Crippen molar-refractivity contribution in [1.82, 2.24) is 9.88 Å². The highest BCUT2D eigenvalue weighted by Gasteiger charge is 2.44. The number of carbonyl (C=O) groups is 1. The fourth-order valence-electron chi connectivity index (χ4n) is 6.24. The molecule has 3 fully saturated rings. The fraction of sp³-hybridized carbons (Fsp3) is 0.448. The van der Waals surface area contributed by atoms with Crippen LogP contribution < -0.4 is 4.74 Å². The van der Waals surface area contributed by atoms with E-state index in [4.69, 9.17) is 9.47 Å². The zero-order chi connectivity index (χ0) is 23.1. The van der Waals surface area contributed by atoms with Gasteiger partial charge in [-0.2, -0.15) is 0 Å². The molecule has 34 heavy (non-hydrogen) atoms. The highest BCUT2D eigenvalue weighted by molar-refractivity contribution is 5.88. The molecule has 0 spiro atoms. The first-order chi connectivity index (χ1) is 16.7. The minimum Gasteiger partial charge on any atom is -0.490 e. The summed E-state index contributed by atoms with van der Waals surface area (Å²) in [5.74, 6) is 1.12. The summed E-state index contributed by atoms with van der Waals surface area (Å²) in [6, 6.07) is 17.4. The summed E-state index contributed by atoms with van der Waals surface area (Å²) in [6.07, 6.45) is 8.81. The number of aromatic nitrogens is 1. The van der Waals surface area contributed by atoms with Gasteiger partial charge in [-0.25, -0.2) is 0 Å². The molecule has 3 aliphatic heterocycles. The van der Waals surface area contributed by atoms with Gasteiger partial charge in [-0.05, 0) is 73.9 Å². The van der Waals surface area contributed by atoms with E-state index in [-0.39, 0.29) is 30.2 Å². The minimum atomic E-state index is -0.220. The van der Waals surface area contributed by atoms with E-state index >= 15 is 0 Å². The summed E-state index contributed by atoms with van der Waals surface area (Å²) in [5, 5.41) is 1.17. The van der Waals surface area contributed by atoms with E-state index in [1.807, 2.05) is 12.3 Å². The van der Waals surface area contributed by atoms with E-state index in [1.165, 1.54) is 28.5 Å². The SMILES string of the molecule is Cc1c(-c2ccc(OC3C[C@H]4CCC[C@@H](C3)N4C(=O)[C@H]3CCCO3)cc2)ccc2cccnc12. The second-order valence-corrected chi connectivity index (χ2v) is 10.0. The first-order valence-corrected chi connectivity index (χ1v) is 12.7. The topological polar surface area (TPSA) is 51.7 Å². The van der Waals surface area contributed by atoms with Crippen LogP contribution in [0.1, 0.15) is 50.5 Å². The number of rotatable bonds is 4. The van der Waals surface area contributed by atoms with Crippen LogP contribution in [-0.4, -0.2) is 46.7 Å². The number of piperidine rings is 2. The second kappa shape index (κ2) is 9.03. The number of aryl methyl sites for hydroxylation is 1. The summed E-state index contributed by atoms with van der Waals surface area (Å²) in [4.78, 5) is 19.9. The monoisotopic (exact) mass is 456 g/mol. The van der Waals surface area contributed by atoms with E-state index < -0.39 is 0 Å². The van der Waals surface area contributed by atoms with Crippen molar-refractivity contribution in [3.8, 4) is 16.9 Å². The van der Waals surface area contributed by atoms with Gasteiger partial charge in [0.15, 0.2) is 0 Å². The van der Waals surface area contributed by atoms with E-state index in [1.54, 1.807) is 0 Å². The molecule has 1 aromatic heterocycles. The standard InChI is InChI=1S/C29H32N2O3/c1-19-26(14-11-21-5-3-15-30-28(19)21)20-9-12-24(13-10-20)34-25-17-22-6-2-7-23(18-25)31(22)29(32)27-8-4-16-33-27/h3,5,9-15,22-23,25,27H,2,4,6-8,16-18H2,1H3/t22-,23+,25?,27-/m1/s1. The van der Waals surface area contributed by atoms with Crippen molar-refractivity contribution < 1.29 is 14.3 Å². The number of hydrogen-bond donors (Lipinski definition) is 0. The van der Waals surface area contributed by atoms with Crippen molar-refractivity contribution in [2.45, 2.75) is 76.2 Å². The first-order valence-electron chi connectivity index (χ1n) is 12.7. The molecule has 3 aromatic rings. The lowest BCUT2D eigenvalue weighted by atomic mass is 9.82. The lowest BCUT2D eigenvalue weighted by Crippen LogP contribution is -2.59. The van der Waals surface area contributed by atoms with Gasteiger partial charge in [0.2, 0.25) is 0 Å². The van der Waals surface area contributed by atoms with Crippen LogP contribution in [0.5, 0.6) is 5.75 Å². The molecule has 0 radical (unpaired) electrons. The van der Waals surface area contributed by atoms with E-state index in [9.17, 15) is 4.79 Å². The van der Waals surface area contributed by atoms with Gasteiger partial charge in [-0.3, -0.25) is 9.78 Å². The molecule has 2 bridgehead atoms. The average molecular weight is 457 g/mol. The van der Waals surface area contributed by atoms with Crippen molar-refractivity contribution in [2.75, 3.05) is 6.61 Å². The van der Waals surface area contributed by atoms with Gasteiger partial charge in [0, 0.05) is 43.1 Å². The molecule has 5 nitrogen and oxygen atoms in total. The zero-order valence-corrected chi connectivity index (χ0v) is 19.8. The molecule has 176 valence electrons. The van der Waals surface area contributed by atoms with Crippen LogP contribution in [0.4, 0.5) is 0 Å². The fourth-order valence-corrected chi connectivity index (χ4v) is 6.24. The summed E-state index contributed by atoms with van der Waals surface area (Å²) < 4.78 is 12.2. The quantitative estimate of drug-likeness (QED) is 0.507. The Kier molecular flexibility index (Phi) is 5.74. The normalized spacial score (nSPS) is 26.6. The Labute approximate surface area is 201 Å². The summed E-state index contributed by atoms with van der Waals surface area (Å²) in [5.41, 5.74) is 4.62. The number of nitrogens with zero attached hydrogens (tertiary/aromatic N) is 2. The lowest BCUT2D eigenvalue weighted by Gasteiger charge is -2.49. The molecule has 3 saturated heterocycles. The zero-order valence-electron chi connectivity index (χ0n) is 19.8. The predicted molar refractivity (Wildman–Crippen MR) is 133 cm³/mol. The third-order valence-electron chi connectivity index (χ3n) is 7.89. The van der Waals surface area contributed by atoms with Crippen LogP contribution in [-0.2, 0) is 9.53 Å². The second-order valence-electron chi connectivity index (χ2n) is 10.0. The molecule has 1 amide bonds. The van der Waals surface area contributed by atoms with Crippen molar-refractivity contribution in [3.63, 3.8) is 0 Å². The molecule has 1 unspecified atom stereocenters. The predicted octanol–water partition coefficient (Wildman–Crippen LogP) is 5.68. The molecular formula is C29H32N2O3. The third kappa shape index (κ3) is 3.96. The molecule has 6 rings (SSSR count). The molecule has 5 heteroatoms. The number of amides is 1. The summed E-state index contributed by atoms with van der Waals surface area (Å²) in [7, 11) is 0. The number of hydrogen-bond acceptors (Lipinski definition) is 4. The van der Waals surface area contributed by atoms with Crippen LogP contribution >= 0.6 is 0 Å². The molecule has 0 saturated carbocycles. The van der Waals surface area contributed by atoms with Crippen LogP contribution in [0, 0.1) is 6.92 Å². The molecular weight excluding hydrogens is 424 g/mol. The molecule has 4 heterocycles. The first kappa shape index (κ1) is 21.6. The van der Waals surface area contributed by atoms with E-state index in [2.05, 4.69) is 59.3 Å². The van der Waals surface area contributed by atoms with Gasteiger partial charge in [0.25, 0.3) is 5.91 Å². The molecule has 3 aliphatic rings. The number of benzene rings is 2. The highest BCUT2D eigenvalue weighted by Crippen LogP contribution is 2.37. The lowest BCUT2D eigenvalue weighted by molar-refractivity contribution is -0.153. The smallest absolute Gasteiger partial charge is 0.252 e. The van der Waals surface area contributed by atoms with E-state index in [0.717, 1.165) is 56.4 Å². The number of ether oxygens (including phenoxy) is 2. The van der Waals surface area contributed by atoms with Crippen molar-refractivity contribution in [2.24, 2.45) is 0 Å². The van der Waals surface area contributed by atoms with Gasteiger partial charge in [0.05, 0.1) is 5.52 Å². The summed E-state index contributed by atoms with van der Waals surface area (Å²) in [6.45, 7) is 2.86. The maximum atomic E-state index is 13.1.